The van der Waals surface area contributed by atoms with Crippen molar-refractivity contribution in [2.45, 2.75) is 18.6 Å². The second kappa shape index (κ2) is 5.17. The van der Waals surface area contributed by atoms with Crippen LogP contribution in [0, 0.1) is 0 Å². The minimum atomic E-state index is -1.17. The van der Waals surface area contributed by atoms with Gasteiger partial charge in [0.25, 0.3) is 0 Å². The van der Waals surface area contributed by atoms with E-state index >= 15 is 0 Å². The van der Waals surface area contributed by atoms with Crippen LogP contribution in [0.1, 0.15) is 28.0 Å². The number of nitrogens with two attached hydrogens (primary N) is 1. The Morgan fingerprint density at radius 2 is 2.27 bits per heavy atom. The molecule has 84 valence electrons. The van der Waals surface area contributed by atoms with E-state index in [-0.39, 0.29) is 23.7 Å². The topological polar surface area (TPSA) is 117 Å². The van der Waals surface area contributed by atoms with Gasteiger partial charge in [0.15, 0.2) is 5.69 Å². The Bertz CT molecular complexity index is 341. The summed E-state index contributed by atoms with van der Waals surface area (Å²) in [5, 5.41) is 29.1. The minimum Gasteiger partial charge on any atom is -0.476 e. The van der Waals surface area contributed by atoms with Gasteiger partial charge >= 0.3 is 5.97 Å². The highest BCUT2D eigenvalue weighted by Gasteiger charge is 2.22. The average molecular weight is 232 g/mol. The fourth-order valence-electron chi connectivity index (χ4n) is 1.01. The number of aliphatic hydroxyl groups is 2. The highest BCUT2D eigenvalue weighted by atomic mass is 32.1. The summed E-state index contributed by atoms with van der Waals surface area (Å²) in [6, 6.07) is 0. The van der Waals surface area contributed by atoms with Crippen LogP contribution in [0.4, 0.5) is 0 Å². The van der Waals surface area contributed by atoms with Crippen LogP contribution in [-0.4, -0.2) is 38.9 Å². The van der Waals surface area contributed by atoms with Gasteiger partial charge in [-0.15, -0.1) is 11.3 Å². The van der Waals surface area contributed by atoms with Gasteiger partial charge in [0.1, 0.15) is 11.1 Å². The molecule has 0 saturated carbocycles. The van der Waals surface area contributed by atoms with Crippen molar-refractivity contribution in [1.82, 2.24) is 4.98 Å². The molecular formula is C8H12N2O4S. The van der Waals surface area contributed by atoms with Gasteiger partial charge in [-0.25, -0.2) is 9.78 Å². The average Bonchev–Trinajstić information content (AvgIpc) is 2.65. The van der Waals surface area contributed by atoms with Crippen molar-refractivity contribution in [3.8, 4) is 0 Å². The van der Waals surface area contributed by atoms with Crippen LogP contribution >= 0.6 is 11.3 Å². The minimum absolute atomic E-state index is 0.131. The number of aromatic nitrogens is 1. The maximum Gasteiger partial charge on any atom is 0.355 e. The molecule has 0 bridgehead atoms. The summed E-state index contributed by atoms with van der Waals surface area (Å²) in [7, 11) is 0. The van der Waals surface area contributed by atoms with Gasteiger partial charge in [-0.05, 0) is 13.0 Å². The van der Waals surface area contributed by atoms with Gasteiger partial charge in [-0.3, -0.25) is 0 Å². The van der Waals surface area contributed by atoms with Gasteiger partial charge in [0.2, 0.25) is 0 Å². The monoisotopic (exact) mass is 232 g/mol. The summed E-state index contributed by atoms with van der Waals surface area (Å²) in [6.45, 7) is 0.245. The molecule has 0 aliphatic heterocycles. The Balaban J connectivity index is 2.73. The van der Waals surface area contributed by atoms with Crippen molar-refractivity contribution in [3.05, 3.63) is 16.1 Å². The van der Waals surface area contributed by atoms with Crippen molar-refractivity contribution in [1.29, 1.82) is 0 Å². The molecule has 0 radical (unpaired) electrons. The molecule has 6 nitrogen and oxygen atoms in total. The third kappa shape index (κ3) is 2.96. The number of carboxylic acid groups (broad SMARTS) is 1. The molecule has 0 aliphatic carbocycles. The third-order valence-electron chi connectivity index (χ3n) is 1.82. The van der Waals surface area contributed by atoms with Crippen molar-refractivity contribution >= 4 is 17.3 Å². The zero-order valence-corrected chi connectivity index (χ0v) is 8.65. The Hall–Kier alpha value is -1.02. The lowest BCUT2D eigenvalue weighted by molar-refractivity contribution is 0.0147. The molecular weight excluding hydrogens is 220 g/mol. The molecule has 5 N–H and O–H groups in total. The number of nitrogens with zero attached hydrogens (tertiary/aromatic N) is 1. The zero-order valence-electron chi connectivity index (χ0n) is 7.83. The van der Waals surface area contributed by atoms with E-state index in [0.717, 1.165) is 11.3 Å². The number of aliphatic hydroxyl groups excluding tert-OH is 2. The fourth-order valence-corrected chi connectivity index (χ4v) is 1.85. The van der Waals surface area contributed by atoms with Gasteiger partial charge in [-0.1, -0.05) is 0 Å². The van der Waals surface area contributed by atoms with E-state index in [1.54, 1.807) is 0 Å². The maximum atomic E-state index is 10.5. The quantitative estimate of drug-likeness (QED) is 0.548. The lowest BCUT2D eigenvalue weighted by atomic mass is 10.1. The van der Waals surface area contributed by atoms with E-state index in [2.05, 4.69) is 4.98 Å². The second-order valence-corrected chi connectivity index (χ2v) is 3.86. The SMILES string of the molecule is NCCC(O)C(O)c1nc(C(=O)O)cs1. The molecule has 0 aromatic carbocycles. The number of rotatable bonds is 5. The molecule has 7 heteroatoms. The molecule has 1 rings (SSSR count). The lowest BCUT2D eigenvalue weighted by Gasteiger charge is -2.13. The summed E-state index contributed by atoms with van der Waals surface area (Å²) in [5.74, 6) is -1.15. The Morgan fingerprint density at radius 1 is 1.60 bits per heavy atom. The zero-order chi connectivity index (χ0) is 11.4. The number of aromatic carboxylic acids is 1. The van der Waals surface area contributed by atoms with Crippen molar-refractivity contribution in [2.75, 3.05) is 6.54 Å². The van der Waals surface area contributed by atoms with Crippen molar-refractivity contribution in [2.24, 2.45) is 5.73 Å². The maximum absolute atomic E-state index is 10.5. The van der Waals surface area contributed by atoms with Crippen molar-refractivity contribution < 1.29 is 20.1 Å². The Kier molecular flexibility index (Phi) is 4.15. The molecule has 0 aliphatic rings. The highest BCUT2D eigenvalue weighted by molar-refractivity contribution is 7.09. The summed E-state index contributed by atoms with van der Waals surface area (Å²) in [6.07, 6.45) is -1.95. The molecule has 2 atom stereocenters. The van der Waals surface area contributed by atoms with Gasteiger partial charge in [0, 0.05) is 5.38 Å². The number of carboxylic acids is 1. The Morgan fingerprint density at radius 3 is 2.73 bits per heavy atom. The number of thiazole rings is 1. The first kappa shape index (κ1) is 12.1. The number of hydrogen-bond acceptors (Lipinski definition) is 6. The third-order valence-corrected chi connectivity index (χ3v) is 2.74. The van der Waals surface area contributed by atoms with E-state index in [4.69, 9.17) is 10.8 Å². The number of hydrogen-bond donors (Lipinski definition) is 4. The van der Waals surface area contributed by atoms with Gasteiger partial charge in [-0.2, -0.15) is 0 Å². The van der Waals surface area contributed by atoms with Crippen LogP contribution in [0.5, 0.6) is 0 Å². The van der Waals surface area contributed by atoms with Crippen LogP contribution in [0.15, 0.2) is 5.38 Å². The fraction of sp³-hybridized carbons (Fsp3) is 0.500. The summed E-state index contributed by atoms with van der Waals surface area (Å²) >= 11 is 0.997. The molecule has 0 spiro atoms. The smallest absolute Gasteiger partial charge is 0.355 e. The van der Waals surface area contributed by atoms with E-state index in [9.17, 15) is 15.0 Å². The van der Waals surface area contributed by atoms with Crippen LogP contribution < -0.4 is 5.73 Å². The first-order valence-electron chi connectivity index (χ1n) is 4.31. The highest BCUT2D eigenvalue weighted by Crippen LogP contribution is 2.22. The van der Waals surface area contributed by atoms with Crippen LogP contribution in [-0.2, 0) is 0 Å². The van der Waals surface area contributed by atoms with Gasteiger partial charge < -0.3 is 21.1 Å². The first-order chi connectivity index (χ1) is 7.06. The van der Waals surface area contributed by atoms with E-state index in [0.29, 0.717) is 0 Å². The molecule has 0 fully saturated rings. The lowest BCUT2D eigenvalue weighted by Crippen LogP contribution is -2.21. The molecule has 1 aromatic heterocycles. The summed E-state index contributed by atoms with van der Waals surface area (Å²) in [5.41, 5.74) is 5.09. The summed E-state index contributed by atoms with van der Waals surface area (Å²) in [4.78, 5) is 14.2. The van der Waals surface area contributed by atoms with Crippen LogP contribution in [0.2, 0.25) is 0 Å². The molecule has 1 heterocycles. The standard InChI is InChI=1S/C8H12N2O4S/c9-2-1-5(11)6(12)7-10-4(3-15-7)8(13)14/h3,5-6,11-12H,1-2,9H2,(H,13,14). The van der Waals surface area contributed by atoms with E-state index < -0.39 is 18.2 Å². The normalized spacial score (nSPS) is 14.9. The molecule has 0 saturated heterocycles. The second-order valence-electron chi connectivity index (χ2n) is 2.97. The van der Waals surface area contributed by atoms with E-state index in [1.165, 1.54) is 5.38 Å². The first-order valence-corrected chi connectivity index (χ1v) is 5.19. The number of carbonyl (C=O) groups is 1. The summed E-state index contributed by atoms with van der Waals surface area (Å²) < 4.78 is 0. The largest absolute Gasteiger partial charge is 0.476 e. The molecule has 15 heavy (non-hydrogen) atoms. The predicted molar refractivity (Wildman–Crippen MR) is 53.7 cm³/mol. The van der Waals surface area contributed by atoms with Gasteiger partial charge in [0.05, 0.1) is 6.10 Å². The van der Waals surface area contributed by atoms with Crippen LogP contribution in [0.3, 0.4) is 0 Å². The predicted octanol–water partition coefficient (Wildman–Crippen LogP) is -0.416. The van der Waals surface area contributed by atoms with Crippen molar-refractivity contribution in [3.63, 3.8) is 0 Å². The van der Waals surface area contributed by atoms with Crippen LogP contribution in [0.25, 0.3) is 0 Å². The van der Waals surface area contributed by atoms with E-state index in [1.807, 2.05) is 0 Å². The molecule has 0 amide bonds. The molecule has 2 unspecified atom stereocenters. The molecule has 1 aromatic rings. The Labute approximate surface area is 90.0 Å².